The Morgan fingerprint density at radius 1 is 1.11 bits per heavy atom. The Kier molecular flexibility index (Phi) is 3.88. The molecule has 1 N–H and O–H groups in total. The molecule has 0 bridgehead atoms. The summed E-state index contributed by atoms with van der Waals surface area (Å²) in [4.78, 5) is 0. The van der Waals surface area contributed by atoms with Crippen LogP contribution in [-0.2, 0) is 6.42 Å². The van der Waals surface area contributed by atoms with Gasteiger partial charge in [0.2, 0.25) is 0 Å². The fourth-order valence-electron chi connectivity index (χ4n) is 2.53. The van der Waals surface area contributed by atoms with E-state index < -0.39 is 0 Å². The molecule has 1 aliphatic rings. The van der Waals surface area contributed by atoms with Gasteiger partial charge in [0, 0.05) is 14.0 Å². The third-order valence-corrected chi connectivity index (χ3v) is 4.86. The Balaban J connectivity index is 1.88. The third kappa shape index (κ3) is 2.83. The monoisotopic (exact) mass is 399 g/mol. The summed E-state index contributed by atoms with van der Waals surface area (Å²) >= 11 is 13.1. The number of hydrogen-bond acceptors (Lipinski definition) is 1. The summed E-state index contributed by atoms with van der Waals surface area (Å²) in [5.41, 5.74) is 3.83. The zero-order valence-corrected chi connectivity index (χ0v) is 14.0. The van der Waals surface area contributed by atoms with Crippen molar-refractivity contribution in [2.24, 2.45) is 0 Å². The molecule has 0 radical (unpaired) electrons. The van der Waals surface area contributed by atoms with E-state index in [-0.39, 0.29) is 0 Å². The maximum atomic E-state index is 6.04. The van der Waals surface area contributed by atoms with Crippen molar-refractivity contribution < 1.29 is 0 Å². The molecule has 2 aromatic rings. The maximum Gasteiger partial charge on any atom is 0.0520 e. The molecule has 2 aromatic carbocycles. The smallest absolute Gasteiger partial charge is 0.0520 e. The number of fused-ring (bicyclic) bond motifs is 1. The van der Waals surface area contributed by atoms with Crippen molar-refractivity contribution in [1.29, 1.82) is 0 Å². The normalized spacial score (nSPS) is 17.3. The van der Waals surface area contributed by atoms with Gasteiger partial charge in [-0.25, -0.2) is 0 Å². The van der Waals surface area contributed by atoms with E-state index in [1.165, 1.54) is 11.1 Å². The Labute approximate surface area is 134 Å². The molecule has 0 spiro atoms. The number of hydrogen-bond donors (Lipinski definition) is 1. The highest BCUT2D eigenvalue weighted by Gasteiger charge is 2.22. The second kappa shape index (κ2) is 5.47. The molecule has 0 aliphatic heterocycles. The highest BCUT2D eigenvalue weighted by Crippen LogP contribution is 2.37. The number of nitrogens with one attached hydrogen (secondary N) is 1. The van der Waals surface area contributed by atoms with Crippen LogP contribution >= 0.6 is 43.5 Å². The lowest BCUT2D eigenvalue weighted by Gasteiger charge is -2.17. The fourth-order valence-corrected chi connectivity index (χ4v) is 3.45. The fraction of sp³-hybridized carbons (Fsp3) is 0.200. The molecule has 0 amide bonds. The first-order chi connectivity index (χ1) is 9.13. The van der Waals surface area contributed by atoms with E-state index in [0.717, 1.165) is 32.5 Å². The molecule has 0 saturated carbocycles. The first-order valence-electron chi connectivity index (χ1n) is 6.13. The van der Waals surface area contributed by atoms with Crippen LogP contribution < -0.4 is 5.32 Å². The van der Waals surface area contributed by atoms with Gasteiger partial charge in [-0.2, -0.15) is 0 Å². The van der Waals surface area contributed by atoms with E-state index in [1.807, 2.05) is 18.2 Å². The van der Waals surface area contributed by atoms with Crippen molar-refractivity contribution in [3.8, 4) is 0 Å². The predicted molar refractivity (Wildman–Crippen MR) is 88.0 cm³/mol. The SMILES string of the molecule is Clc1ccc2c(c1)CCC2Nc1cc(Br)ccc1Br. The van der Waals surface area contributed by atoms with Crippen molar-refractivity contribution in [2.45, 2.75) is 18.9 Å². The highest BCUT2D eigenvalue weighted by molar-refractivity contribution is 9.11. The van der Waals surface area contributed by atoms with E-state index in [2.05, 4.69) is 55.4 Å². The molecular formula is C15H12Br2ClN. The predicted octanol–water partition coefficient (Wildman–Crippen LogP) is 5.96. The quantitative estimate of drug-likeness (QED) is 0.654. The van der Waals surface area contributed by atoms with E-state index in [1.54, 1.807) is 0 Å². The first kappa shape index (κ1) is 13.5. The van der Waals surface area contributed by atoms with Crippen molar-refractivity contribution >= 4 is 49.1 Å². The molecule has 1 atom stereocenters. The summed E-state index contributed by atoms with van der Waals surface area (Å²) in [6.07, 6.45) is 2.19. The third-order valence-electron chi connectivity index (χ3n) is 3.44. The highest BCUT2D eigenvalue weighted by atomic mass is 79.9. The second-order valence-electron chi connectivity index (χ2n) is 4.70. The number of rotatable bonds is 2. The number of aryl methyl sites for hydroxylation is 1. The molecule has 4 heteroatoms. The first-order valence-corrected chi connectivity index (χ1v) is 8.10. The van der Waals surface area contributed by atoms with Gasteiger partial charge in [-0.1, -0.05) is 33.6 Å². The van der Waals surface area contributed by atoms with Crippen LogP contribution in [0.5, 0.6) is 0 Å². The van der Waals surface area contributed by atoms with Gasteiger partial charge in [0.25, 0.3) is 0 Å². The van der Waals surface area contributed by atoms with Gasteiger partial charge >= 0.3 is 0 Å². The molecule has 1 unspecified atom stereocenters. The maximum absolute atomic E-state index is 6.04. The van der Waals surface area contributed by atoms with Gasteiger partial charge in [0.05, 0.1) is 11.7 Å². The van der Waals surface area contributed by atoms with Gasteiger partial charge in [-0.05, 0) is 70.2 Å². The van der Waals surface area contributed by atoms with Crippen LogP contribution in [0.3, 0.4) is 0 Å². The molecule has 98 valence electrons. The lowest BCUT2D eigenvalue weighted by atomic mass is 10.1. The molecule has 19 heavy (non-hydrogen) atoms. The Morgan fingerprint density at radius 2 is 1.95 bits per heavy atom. The Morgan fingerprint density at radius 3 is 2.79 bits per heavy atom. The molecule has 3 rings (SSSR count). The molecule has 0 saturated heterocycles. The van der Waals surface area contributed by atoms with Gasteiger partial charge in [0.1, 0.15) is 0 Å². The van der Waals surface area contributed by atoms with E-state index >= 15 is 0 Å². The number of halogens is 3. The molecule has 1 aliphatic carbocycles. The largest absolute Gasteiger partial charge is 0.377 e. The summed E-state index contributed by atoms with van der Waals surface area (Å²) in [6.45, 7) is 0. The van der Waals surface area contributed by atoms with Crippen LogP contribution in [0.25, 0.3) is 0 Å². The van der Waals surface area contributed by atoms with Gasteiger partial charge in [0.15, 0.2) is 0 Å². The van der Waals surface area contributed by atoms with Crippen molar-refractivity contribution in [3.05, 3.63) is 61.5 Å². The number of anilines is 1. The van der Waals surface area contributed by atoms with Crippen LogP contribution in [0.15, 0.2) is 45.3 Å². The molecule has 0 fully saturated rings. The lowest BCUT2D eigenvalue weighted by molar-refractivity contribution is 0.761. The number of benzene rings is 2. The topological polar surface area (TPSA) is 12.0 Å². The lowest BCUT2D eigenvalue weighted by Crippen LogP contribution is -2.07. The van der Waals surface area contributed by atoms with Crippen molar-refractivity contribution in [1.82, 2.24) is 0 Å². The Bertz CT molecular complexity index is 628. The van der Waals surface area contributed by atoms with E-state index in [0.29, 0.717) is 6.04 Å². The van der Waals surface area contributed by atoms with Gasteiger partial charge in [-0.15, -0.1) is 0 Å². The van der Waals surface area contributed by atoms with Gasteiger partial charge < -0.3 is 5.32 Å². The Hall–Kier alpha value is -0.510. The van der Waals surface area contributed by atoms with Crippen LogP contribution in [0.4, 0.5) is 5.69 Å². The molecule has 0 heterocycles. The molecule has 0 aromatic heterocycles. The second-order valence-corrected chi connectivity index (χ2v) is 6.91. The summed E-state index contributed by atoms with van der Waals surface area (Å²) in [7, 11) is 0. The van der Waals surface area contributed by atoms with E-state index in [9.17, 15) is 0 Å². The zero-order valence-electron chi connectivity index (χ0n) is 10.1. The summed E-state index contributed by atoms with van der Waals surface area (Å²) in [5, 5.41) is 4.43. The molecular weight excluding hydrogens is 389 g/mol. The standard InChI is InChI=1S/C15H12Br2ClN/c16-10-2-5-13(17)15(8-10)19-14-6-1-9-7-11(18)3-4-12(9)14/h2-5,7-8,14,19H,1,6H2. The minimum Gasteiger partial charge on any atom is -0.377 e. The summed E-state index contributed by atoms with van der Waals surface area (Å²) in [5.74, 6) is 0. The van der Waals surface area contributed by atoms with Crippen LogP contribution in [0.1, 0.15) is 23.6 Å². The van der Waals surface area contributed by atoms with E-state index in [4.69, 9.17) is 11.6 Å². The molecule has 1 nitrogen and oxygen atoms in total. The van der Waals surface area contributed by atoms with Gasteiger partial charge in [-0.3, -0.25) is 0 Å². The van der Waals surface area contributed by atoms with Crippen LogP contribution in [0, 0.1) is 0 Å². The minimum absolute atomic E-state index is 0.359. The average Bonchev–Trinajstić information content (AvgIpc) is 2.76. The van der Waals surface area contributed by atoms with Crippen LogP contribution in [-0.4, -0.2) is 0 Å². The minimum atomic E-state index is 0.359. The van der Waals surface area contributed by atoms with Crippen molar-refractivity contribution in [2.75, 3.05) is 5.32 Å². The summed E-state index contributed by atoms with van der Waals surface area (Å²) < 4.78 is 2.16. The van der Waals surface area contributed by atoms with Crippen LogP contribution in [0.2, 0.25) is 5.02 Å². The average molecular weight is 402 g/mol. The summed E-state index contributed by atoms with van der Waals surface area (Å²) in [6, 6.07) is 12.7. The van der Waals surface area contributed by atoms with Crippen molar-refractivity contribution in [3.63, 3.8) is 0 Å². The zero-order chi connectivity index (χ0) is 13.4.